The molecule has 1 saturated carbocycles. The minimum Gasteiger partial charge on any atom is -0.491 e. The van der Waals surface area contributed by atoms with Crippen LogP contribution < -0.4 is 20.1 Å². The van der Waals surface area contributed by atoms with Crippen LogP contribution in [0.4, 0.5) is 0 Å². The fourth-order valence-corrected chi connectivity index (χ4v) is 3.98. The fraction of sp³-hybridized carbons (Fsp3) is 0.500. The smallest absolute Gasteiger partial charge is 0.251 e. The van der Waals surface area contributed by atoms with Crippen molar-refractivity contribution in [3.8, 4) is 11.5 Å². The Morgan fingerprint density at radius 1 is 0.735 bits per heavy atom. The van der Waals surface area contributed by atoms with Gasteiger partial charge in [0.1, 0.15) is 11.5 Å². The Kier molecular flexibility index (Phi) is 9.37. The summed E-state index contributed by atoms with van der Waals surface area (Å²) in [6.07, 6.45) is 5.85. The molecule has 3 rings (SSSR count). The number of carbonyl (C=O) groups excluding carboxylic acids is 2. The molecule has 0 radical (unpaired) electrons. The number of nitrogens with one attached hydrogen (secondary N) is 2. The molecule has 2 aromatic carbocycles. The minimum atomic E-state index is -0.132. The minimum absolute atomic E-state index is 0.103. The van der Waals surface area contributed by atoms with Crippen LogP contribution in [0.25, 0.3) is 0 Å². The van der Waals surface area contributed by atoms with E-state index in [1.165, 1.54) is 0 Å². The number of ether oxygens (including phenoxy) is 2. The van der Waals surface area contributed by atoms with E-state index in [1.807, 2.05) is 38.1 Å². The van der Waals surface area contributed by atoms with Crippen molar-refractivity contribution in [3.63, 3.8) is 0 Å². The normalized spacial score (nSPS) is 19.5. The average Bonchev–Trinajstić information content (AvgIpc) is 2.85. The highest BCUT2D eigenvalue weighted by Gasteiger charge is 2.28. The van der Waals surface area contributed by atoms with Crippen LogP contribution >= 0.6 is 0 Å². The molecule has 0 bridgehead atoms. The highest BCUT2D eigenvalue weighted by molar-refractivity contribution is 5.95. The van der Waals surface area contributed by atoms with Crippen LogP contribution in [0.15, 0.2) is 48.5 Å². The molecule has 2 aromatic rings. The summed E-state index contributed by atoms with van der Waals surface area (Å²) in [6, 6.07) is 14.2. The van der Waals surface area contributed by atoms with Gasteiger partial charge in [0.15, 0.2) is 0 Å². The summed E-state index contributed by atoms with van der Waals surface area (Å²) in [5, 5.41) is 6.27. The first-order chi connectivity index (χ1) is 16.4. The highest BCUT2D eigenvalue weighted by Crippen LogP contribution is 2.21. The van der Waals surface area contributed by atoms with E-state index >= 15 is 0 Å². The Labute approximate surface area is 203 Å². The van der Waals surface area contributed by atoms with Gasteiger partial charge in [0, 0.05) is 23.2 Å². The Bertz CT molecular complexity index is 849. The van der Waals surface area contributed by atoms with Gasteiger partial charge in [0.2, 0.25) is 0 Å². The second-order valence-corrected chi connectivity index (χ2v) is 9.17. The van der Waals surface area contributed by atoms with Crippen molar-refractivity contribution in [1.82, 2.24) is 10.6 Å². The molecule has 2 N–H and O–H groups in total. The number of hydrogen-bond acceptors (Lipinski definition) is 4. The van der Waals surface area contributed by atoms with Gasteiger partial charge < -0.3 is 20.1 Å². The van der Waals surface area contributed by atoms with Crippen molar-refractivity contribution < 1.29 is 19.1 Å². The second kappa shape index (κ2) is 12.4. The first kappa shape index (κ1) is 25.6. The maximum absolute atomic E-state index is 12.9. The summed E-state index contributed by atoms with van der Waals surface area (Å²) in [5.74, 6) is 1.25. The summed E-state index contributed by atoms with van der Waals surface area (Å²) >= 11 is 0. The van der Waals surface area contributed by atoms with Crippen molar-refractivity contribution in [3.05, 3.63) is 59.7 Å². The van der Waals surface area contributed by atoms with Crippen LogP contribution in [0.5, 0.6) is 11.5 Å². The van der Waals surface area contributed by atoms with E-state index in [0.29, 0.717) is 11.1 Å². The highest BCUT2D eigenvalue weighted by atomic mass is 16.5. The molecule has 6 heteroatoms. The predicted molar refractivity (Wildman–Crippen MR) is 135 cm³/mol. The molecule has 0 aliphatic heterocycles. The lowest BCUT2D eigenvalue weighted by Gasteiger charge is -2.33. The number of hydrogen-bond donors (Lipinski definition) is 2. The molecule has 34 heavy (non-hydrogen) atoms. The van der Waals surface area contributed by atoms with Crippen LogP contribution in [0, 0.1) is 0 Å². The molecule has 1 aliphatic carbocycles. The summed E-state index contributed by atoms with van der Waals surface area (Å²) < 4.78 is 11.6. The Balaban J connectivity index is 1.58. The fourth-order valence-electron chi connectivity index (χ4n) is 3.98. The summed E-state index contributed by atoms with van der Waals surface area (Å²) in [7, 11) is 0. The zero-order chi connectivity index (χ0) is 24.5. The first-order valence-electron chi connectivity index (χ1n) is 12.5. The second-order valence-electron chi connectivity index (χ2n) is 9.17. The maximum Gasteiger partial charge on any atom is 0.251 e. The van der Waals surface area contributed by atoms with E-state index in [0.717, 1.165) is 50.0 Å². The SMILES string of the molecule is CCC(C)Oc1ccc(C(=O)NC2CCCCC2NC(=O)c2ccc(OC(C)CC)cc2)cc1. The van der Waals surface area contributed by atoms with E-state index in [9.17, 15) is 9.59 Å². The van der Waals surface area contributed by atoms with Crippen molar-refractivity contribution in [2.75, 3.05) is 0 Å². The van der Waals surface area contributed by atoms with E-state index < -0.39 is 0 Å². The van der Waals surface area contributed by atoms with E-state index in [4.69, 9.17) is 9.47 Å². The molecule has 2 amide bonds. The lowest BCUT2D eigenvalue weighted by atomic mass is 9.89. The van der Waals surface area contributed by atoms with Crippen LogP contribution in [-0.2, 0) is 0 Å². The van der Waals surface area contributed by atoms with Gasteiger partial charge in [-0.25, -0.2) is 0 Å². The zero-order valence-electron chi connectivity index (χ0n) is 20.8. The van der Waals surface area contributed by atoms with Crippen molar-refractivity contribution in [2.24, 2.45) is 0 Å². The van der Waals surface area contributed by atoms with Crippen LogP contribution in [0.2, 0.25) is 0 Å². The summed E-state index contributed by atoms with van der Waals surface area (Å²) in [6.45, 7) is 8.19. The largest absolute Gasteiger partial charge is 0.491 e. The molecule has 4 atom stereocenters. The first-order valence-corrected chi connectivity index (χ1v) is 12.5. The third kappa shape index (κ3) is 7.24. The lowest BCUT2D eigenvalue weighted by molar-refractivity contribution is 0.0862. The lowest BCUT2D eigenvalue weighted by Crippen LogP contribution is -2.53. The van der Waals surface area contributed by atoms with Gasteiger partial charge in [0.25, 0.3) is 11.8 Å². The number of amides is 2. The molecule has 0 saturated heterocycles. The van der Waals surface area contributed by atoms with Gasteiger partial charge >= 0.3 is 0 Å². The molecule has 6 nitrogen and oxygen atoms in total. The van der Waals surface area contributed by atoms with E-state index in [2.05, 4.69) is 24.5 Å². The molecule has 1 fully saturated rings. The van der Waals surface area contributed by atoms with E-state index in [1.54, 1.807) is 24.3 Å². The molecular formula is C28H38N2O4. The van der Waals surface area contributed by atoms with Crippen LogP contribution in [0.1, 0.15) is 86.9 Å². The number of carbonyl (C=O) groups is 2. The average molecular weight is 467 g/mol. The van der Waals surface area contributed by atoms with Gasteiger partial charge in [-0.2, -0.15) is 0 Å². The Morgan fingerprint density at radius 3 is 1.41 bits per heavy atom. The molecule has 184 valence electrons. The molecule has 4 unspecified atom stereocenters. The van der Waals surface area contributed by atoms with Crippen LogP contribution in [-0.4, -0.2) is 36.1 Å². The van der Waals surface area contributed by atoms with Gasteiger partial charge in [-0.3, -0.25) is 9.59 Å². The third-order valence-corrected chi connectivity index (χ3v) is 6.46. The van der Waals surface area contributed by atoms with Gasteiger partial charge in [-0.05, 0) is 88.1 Å². The van der Waals surface area contributed by atoms with Gasteiger partial charge in [-0.1, -0.05) is 26.7 Å². The Morgan fingerprint density at radius 2 is 1.09 bits per heavy atom. The van der Waals surface area contributed by atoms with Gasteiger partial charge in [0.05, 0.1) is 12.2 Å². The monoisotopic (exact) mass is 466 g/mol. The molecule has 0 heterocycles. The Hall–Kier alpha value is -3.02. The maximum atomic E-state index is 12.9. The molecular weight excluding hydrogens is 428 g/mol. The third-order valence-electron chi connectivity index (χ3n) is 6.46. The zero-order valence-corrected chi connectivity index (χ0v) is 20.8. The number of rotatable bonds is 10. The topological polar surface area (TPSA) is 76.7 Å². The van der Waals surface area contributed by atoms with Gasteiger partial charge in [-0.15, -0.1) is 0 Å². The standard InChI is InChI=1S/C28H38N2O4/c1-5-19(3)33-23-15-11-21(12-16-23)27(31)29-25-9-7-8-10-26(25)30-28(32)22-13-17-24(18-14-22)34-20(4)6-2/h11-20,25-26H,5-10H2,1-4H3,(H,29,31)(H,30,32). The van der Waals surface area contributed by atoms with Crippen LogP contribution in [0.3, 0.4) is 0 Å². The molecule has 0 spiro atoms. The predicted octanol–water partition coefficient (Wildman–Crippen LogP) is 5.51. The molecule has 1 aliphatic rings. The van der Waals surface area contributed by atoms with Crippen molar-refractivity contribution in [2.45, 2.75) is 90.5 Å². The van der Waals surface area contributed by atoms with Crippen molar-refractivity contribution >= 4 is 11.8 Å². The quantitative estimate of drug-likeness (QED) is 0.484. The molecule has 0 aromatic heterocycles. The summed E-state index contributed by atoms with van der Waals surface area (Å²) in [4.78, 5) is 25.8. The number of benzene rings is 2. The van der Waals surface area contributed by atoms with Crippen molar-refractivity contribution in [1.29, 1.82) is 0 Å². The summed E-state index contributed by atoms with van der Waals surface area (Å²) in [5.41, 5.74) is 1.17. The van der Waals surface area contributed by atoms with E-state index in [-0.39, 0.29) is 36.1 Å².